The SMILES string of the molecule is O=C(CNCc1ccccc1)Nc1ccccc1O. The van der Waals surface area contributed by atoms with Crippen LogP contribution in [0.15, 0.2) is 54.6 Å². The number of rotatable bonds is 5. The van der Waals surface area contributed by atoms with Gasteiger partial charge in [0, 0.05) is 6.54 Å². The molecule has 2 rings (SSSR count). The van der Waals surface area contributed by atoms with Crippen molar-refractivity contribution >= 4 is 11.6 Å². The average Bonchev–Trinajstić information content (AvgIpc) is 2.43. The van der Waals surface area contributed by atoms with Crippen LogP contribution in [-0.2, 0) is 11.3 Å². The number of carbonyl (C=O) groups excluding carboxylic acids is 1. The molecule has 0 aliphatic heterocycles. The molecule has 1 amide bonds. The Morgan fingerprint density at radius 3 is 2.42 bits per heavy atom. The molecule has 0 spiro atoms. The molecule has 0 aliphatic rings. The van der Waals surface area contributed by atoms with Crippen molar-refractivity contribution in [1.82, 2.24) is 5.32 Å². The van der Waals surface area contributed by atoms with Crippen molar-refractivity contribution in [3.63, 3.8) is 0 Å². The number of phenols is 1. The Balaban J connectivity index is 1.78. The van der Waals surface area contributed by atoms with E-state index in [1.807, 2.05) is 30.3 Å². The maximum absolute atomic E-state index is 11.7. The third kappa shape index (κ3) is 4.12. The van der Waals surface area contributed by atoms with E-state index in [0.717, 1.165) is 5.56 Å². The van der Waals surface area contributed by atoms with Crippen LogP contribution < -0.4 is 10.6 Å². The standard InChI is InChI=1S/C15H16N2O2/c18-14-9-5-4-8-13(14)17-15(19)11-16-10-12-6-2-1-3-7-12/h1-9,16,18H,10-11H2,(H,17,19). The molecule has 0 aliphatic carbocycles. The number of nitrogens with one attached hydrogen (secondary N) is 2. The van der Waals surface area contributed by atoms with E-state index in [1.165, 1.54) is 6.07 Å². The van der Waals surface area contributed by atoms with E-state index in [-0.39, 0.29) is 18.2 Å². The normalized spacial score (nSPS) is 10.1. The van der Waals surface area contributed by atoms with Crippen LogP contribution in [-0.4, -0.2) is 17.6 Å². The minimum absolute atomic E-state index is 0.0684. The number of carbonyl (C=O) groups is 1. The lowest BCUT2D eigenvalue weighted by Gasteiger charge is -2.08. The van der Waals surface area contributed by atoms with Crippen LogP contribution in [0.5, 0.6) is 5.75 Å². The van der Waals surface area contributed by atoms with Gasteiger partial charge < -0.3 is 15.7 Å². The maximum atomic E-state index is 11.7. The summed E-state index contributed by atoms with van der Waals surface area (Å²) in [5.41, 5.74) is 1.55. The highest BCUT2D eigenvalue weighted by Crippen LogP contribution is 2.20. The summed E-state index contributed by atoms with van der Waals surface area (Å²) in [6.45, 7) is 0.832. The predicted molar refractivity (Wildman–Crippen MR) is 74.9 cm³/mol. The Morgan fingerprint density at radius 1 is 1.00 bits per heavy atom. The minimum Gasteiger partial charge on any atom is -0.506 e. The summed E-state index contributed by atoms with van der Waals surface area (Å²) in [4.78, 5) is 11.7. The molecule has 0 fully saturated rings. The summed E-state index contributed by atoms with van der Waals surface area (Å²) < 4.78 is 0. The molecular weight excluding hydrogens is 240 g/mol. The lowest BCUT2D eigenvalue weighted by molar-refractivity contribution is -0.115. The van der Waals surface area contributed by atoms with Crippen LogP contribution >= 0.6 is 0 Å². The van der Waals surface area contributed by atoms with Crippen molar-refractivity contribution in [3.8, 4) is 5.75 Å². The molecule has 0 radical (unpaired) electrons. The van der Waals surface area contributed by atoms with Crippen LogP contribution in [0.4, 0.5) is 5.69 Å². The molecule has 0 bridgehead atoms. The van der Waals surface area contributed by atoms with Crippen molar-refractivity contribution in [2.75, 3.05) is 11.9 Å². The number of amides is 1. The Morgan fingerprint density at radius 2 is 1.68 bits per heavy atom. The van der Waals surface area contributed by atoms with E-state index < -0.39 is 0 Å². The van der Waals surface area contributed by atoms with Crippen LogP contribution in [0.25, 0.3) is 0 Å². The maximum Gasteiger partial charge on any atom is 0.238 e. The molecule has 98 valence electrons. The largest absolute Gasteiger partial charge is 0.506 e. The molecule has 0 saturated carbocycles. The Labute approximate surface area is 112 Å². The number of para-hydroxylation sites is 2. The minimum atomic E-state index is -0.183. The number of benzene rings is 2. The van der Waals surface area contributed by atoms with Crippen LogP contribution in [0.1, 0.15) is 5.56 Å². The van der Waals surface area contributed by atoms with Gasteiger partial charge in [-0.1, -0.05) is 42.5 Å². The van der Waals surface area contributed by atoms with E-state index in [1.54, 1.807) is 18.2 Å². The van der Waals surface area contributed by atoms with Crippen molar-refractivity contribution in [1.29, 1.82) is 0 Å². The molecule has 0 heterocycles. The summed E-state index contributed by atoms with van der Waals surface area (Å²) in [6.07, 6.45) is 0. The highest BCUT2D eigenvalue weighted by atomic mass is 16.3. The molecule has 0 atom stereocenters. The van der Waals surface area contributed by atoms with Gasteiger partial charge in [-0.2, -0.15) is 0 Å². The van der Waals surface area contributed by atoms with Crippen molar-refractivity contribution in [3.05, 3.63) is 60.2 Å². The summed E-state index contributed by atoms with van der Waals surface area (Å²) in [7, 11) is 0. The molecule has 19 heavy (non-hydrogen) atoms. The number of phenolic OH excluding ortho intramolecular Hbond substituents is 1. The Bertz CT molecular complexity index is 541. The Hall–Kier alpha value is -2.33. The third-order valence-corrected chi connectivity index (χ3v) is 2.64. The summed E-state index contributed by atoms with van der Waals surface area (Å²) in [5.74, 6) is -0.114. The van der Waals surface area contributed by atoms with Gasteiger partial charge >= 0.3 is 0 Å². The van der Waals surface area contributed by atoms with Crippen molar-refractivity contribution in [2.24, 2.45) is 0 Å². The zero-order chi connectivity index (χ0) is 13.5. The highest BCUT2D eigenvalue weighted by Gasteiger charge is 2.04. The predicted octanol–water partition coefficient (Wildman–Crippen LogP) is 2.12. The zero-order valence-electron chi connectivity index (χ0n) is 10.5. The zero-order valence-corrected chi connectivity index (χ0v) is 10.5. The lowest BCUT2D eigenvalue weighted by atomic mass is 10.2. The van der Waals surface area contributed by atoms with Crippen molar-refractivity contribution in [2.45, 2.75) is 6.54 Å². The monoisotopic (exact) mass is 256 g/mol. The number of hydrogen-bond donors (Lipinski definition) is 3. The summed E-state index contributed by atoms with van der Waals surface area (Å²) in [5, 5.41) is 15.2. The first-order valence-corrected chi connectivity index (χ1v) is 6.08. The lowest BCUT2D eigenvalue weighted by Crippen LogP contribution is -2.27. The van der Waals surface area contributed by atoms with Crippen LogP contribution in [0.3, 0.4) is 0 Å². The first-order chi connectivity index (χ1) is 9.25. The Kier molecular flexibility index (Phi) is 4.53. The van der Waals surface area contributed by atoms with Gasteiger partial charge in [0.2, 0.25) is 5.91 Å². The van der Waals surface area contributed by atoms with Gasteiger partial charge in [-0.3, -0.25) is 4.79 Å². The van der Waals surface area contributed by atoms with E-state index in [2.05, 4.69) is 10.6 Å². The molecule has 3 N–H and O–H groups in total. The van der Waals surface area contributed by atoms with Crippen molar-refractivity contribution < 1.29 is 9.90 Å². The van der Waals surface area contributed by atoms with Gasteiger partial charge in [-0.15, -0.1) is 0 Å². The first-order valence-electron chi connectivity index (χ1n) is 6.08. The molecule has 2 aromatic carbocycles. The molecule has 0 aromatic heterocycles. The second kappa shape index (κ2) is 6.56. The second-order valence-electron chi connectivity index (χ2n) is 4.15. The average molecular weight is 256 g/mol. The fourth-order valence-corrected chi connectivity index (χ4v) is 1.69. The summed E-state index contributed by atoms with van der Waals surface area (Å²) in [6, 6.07) is 16.5. The van der Waals surface area contributed by atoms with Gasteiger partial charge in [-0.05, 0) is 17.7 Å². The van der Waals surface area contributed by atoms with Gasteiger partial charge in [0.05, 0.1) is 12.2 Å². The first kappa shape index (κ1) is 13.1. The van der Waals surface area contributed by atoms with E-state index in [0.29, 0.717) is 12.2 Å². The van der Waals surface area contributed by atoms with Gasteiger partial charge in [0.25, 0.3) is 0 Å². The van der Waals surface area contributed by atoms with E-state index >= 15 is 0 Å². The number of aromatic hydroxyl groups is 1. The fraction of sp³-hybridized carbons (Fsp3) is 0.133. The molecule has 0 unspecified atom stereocenters. The molecule has 2 aromatic rings. The van der Waals surface area contributed by atoms with Gasteiger partial charge in [-0.25, -0.2) is 0 Å². The van der Waals surface area contributed by atoms with E-state index in [9.17, 15) is 9.90 Å². The molecular formula is C15H16N2O2. The smallest absolute Gasteiger partial charge is 0.238 e. The number of anilines is 1. The highest BCUT2D eigenvalue weighted by molar-refractivity contribution is 5.93. The summed E-state index contributed by atoms with van der Waals surface area (Å²) >= 11 is 0. The van der Waals surface area contributed by atoms with E-state index in [4.69, 9.17) is 0 Å². The van der Waals surface area contributed by atoms with Gasteiger partial charge in [0.15, 0.2) is 0 Å². The number of hydrogen-bond acceptors (Lipinski definition) is 3. The molecule has 4 heteroatoms. The second-order valence-corrected chi connectivity index (χ2v) is 4.15. The van der Waals surface area contributed by atoms with Crippen LogP contribution in [0.2, 0.25) is 0 Å². The van der Waals surface area contributed by atoms with Gasteiger partial charge in [0.1, 0.15) is 5.75 Å². The van der Waals surface area contributed by atoms with Crippen LogP contribution in [0, 0.1) is 0 Å². The quantitative estimate of drug-likeness (QED) is 0.718. The topological polar surface area (TPSA) is 61.4 Å². The third-order valence-electron chi connectivity index (χ3n) is 2.64. The molecule has 0 saturated heterocycles. The fourth-order valence-electron chi connectivity index (χ4n) is 1.69. The molecule has 4 nitrogen and oxygen atoms in total.